The molecule has 4 aromatic rings. The van der Waals surface area contributed by atoms with Crippen LogP contribution in [0.25, 0.3) is 10.9 Å². The first-order valence-corrected chi connectivity index (χ1v) is 11.6. The van der Waals surface area contributed by atoms with Crippen molar-refractivity contribution in [1.82, 2.24) is 20.2 Å². The van der Waals surface area contributed by atoms with Crippen LogP contribution in [0.1, 0.15) is 34.8 Å². The molecule has 0 bridgehead atoms. The van der Waals surface area contributed by atoms with E-state index in [1.54, 1.807) is 12.3 Å². The lowest BCUT2D eigenvalue weighted by Crippen LogP contribution is -2.48. The Bertz CT molecular complexity index is 1260. The van der Waals surface area contributed by atoms with E-state index in [2.05, 4.69) is 20.6 Å². The molecule has 0 unspecified atom stereocenters. The van der Waals surface area contributed by atoms with Crippen molar-refractivity contribution in [1.29, 1.82) is 0 Å². The van der Waals surface area contributed by atoms with Gasteiger partial charge in [-0.15, -0.1) is 0 Å². The van der Waals surface area contributed by atoms with Gasteiger partial charge in [-0.2, -0.15) is 0 Å². The molecular formula is C27H27N5O2. The molecule has 1 atom stereocenters. The van der Waals surface area contributed by atoms with Gasteiger partial charge in [0.05, 0.1) is 0 Å². The van der Waals surface area contributed by atoms with Crippen LogP contribution in [-0.4, -0.2) is 45.8 Å². The fraction of sp³-hybridized carbons (Fsp3) is 0.222. The van der Waals surface area contributed by atoms with Crippen LogP contribution in [0.2, 0.25) is 0 Å². The molecule has 1 saturated heterocycles. The second-order valence-corrected chi connectivity index (χ2v) is 8.56. The summed E-state index contributed by atoms with van der Waals surface area (Å²) >= 11 is 0. The van der Waals surface area contributed by atoms with Crippen LogP contribution in [0.5, 0.6) is 0 Å². The van der Waals surface area contributed by atoms with E-state index in [0.29, 0.717) is 18.7 Å². The van der Waals surface area contributed by atoms with Gasteiger partial charge in [0, 0.05) is 42.6 Å². The molecule has 0 spiro atoms. The summed E-state index contributed by atoms with van der Waals surface area (Å²) in [6.45, 7) is 1.24. The number of benzene rings is 2. The Balaban J connectivity index is 1.29. The van der Waals surface area contributed by atoms with Gasteiger partial charge < -0.3 is 20.5 Å². The van der Waals surface area contributed by atoms with Crippen molar-refractivity contribution in [3.8, 4) is 0 Å². The van der Waals surface area contributed by atoms with E-state index in [4.69, 9.17) is 0 Å². The minimum absolute atomic E-state index is 0.0863. The highest BCUT2D eigenvalue weighted by Crippen LogP contribution is 2.22. The molecule has 1 fully saturated rings. The number of fused-ring (bicyclic) bond motifs is 1. The highest BCUT2D eigenvalue weighted by Gasteiger charge is 2.30. The summed E-state index contributed by atoms with van der Waals surface area (Å²) in [7, 11) is 0. The lowest BCUT2D eigenvalue weighted by atomic mass is 10.0. The van der Waals surface area contributed by atoms with Crippen LogP contribution in [0.4, 0.5) is 5.82 Å². The summed E-state index contributed by atoms with van der Waals surface area (Å²) < 4.78 is 0. The zero-order valence-corrected chi connectivity index (χ0v) is 18.8. The third-order valence-electron chi connectivity index (χ3n) is 6.30. The van der Waals surface area contributed by atoms with E-state index in [0.717, 1.165) is 35.1 Å². The Morgan fingerprint density at radius 3 is 2.53 bits per heavy atom. The SMILES string of the molecule is O=C(N[C@@H](C(=O)N1CCC(Nc2ccccn2)CC1)c1ccccc1)c1ccc2cc[nH]c2c1. The van der Waals surface area contributed by atoms with Gasteiger partial charge >= 0.3 is 0 Å². The van der Waals surface area contributed by atoms with Crippen molar-refractivity contribution in [3.05, 3.63) is 96.3 Å². The number of hydrogen-bond acceptors (Lipinski definition) is 4. The number of likely N-dealkylation sites (tertiary alicyclic amines) is 1. The van der Waals surface area contributed by atoms with Gasteiger partial charge in [-0.25, -0.2) is 4.98 Å². The summed E-state index contributed by atoms with van der Waals surface area (Å²) in [5.41, 5.74) is 2.18. The molecule has 3 heterocycles. The van der Waals surface area contributed by atoms with Crippen LogP contribution >= 0.6 is 0 Å². The minimum atomic E-state index is -0.742. The number of aromatic amines is 1. The average molecular weight is 454 g/mol. The van der Waals surface area contributed by atoms with Crippen molar-refractivity contribution >= 4 is 28.5 Å². The topological polar surface area (TPSA) is 90.1 Å². The van der Waals surface area contributed by atoms with E-state index in [-0.39, 0.29) is 17.9 Å². The molecule has 1 aliphatic rings. The zero-order chi connectivity index (χ0) is 23.3. The fourth-order valence-corrected chi connectivity index (χ4v) is 4.42. The largest absolute Gasteiger partial charge is 0.367 e. The monoisotopic (exact) mass is 453 g/mol. The number of carbonyl (C=O) groups excluding carboxylic acids is 2. The van der Waals surface area contributed by atoms with Gasteiger partial charge in [0.15, 0.2) is 0 Å². The first-order chi connectivity index (χ1) is 16.7. The molecule has 2 aromatic heterocycles. The van der Waals surface area contributed by atoms with Gasteiger partial charge in [0.2, 0.25) is 5.91 Å². The number of aromatic nitrogens is 2. The Hall–Kier alpha value is -4.13. The number of piperidine rings is 1. The van der Waals surface area contributed by atoms with Gasteiger partial charge in [-0.1, -0.05) is 42.5 Å². The van der Waals surface area contributed by atoms with E-state index >= 15 is 0 Å². The number of carbonyl (C=O) groups is 2. The molecule has 2 aromatic carbocycles. The Morgan fingerprint density at radius 2 is 1.76 bits per heavy atom. The predicted molar refractivity (Wildman–Crippen MR) is 132 cm³/mol. The van der Waals surface area contributed by atoms with Gasteiger partial charge in [-0.3, -0.25) is 9.59 Å². The molecule has 2 amide bonds. The Labute approximate surface area is 198 Å². The van der Waals surface area contributed by atoms with E-state index < -0.39 is 6.04 Å². The number of nitrogens with zero attached hydrogens (tertiary/aromatic N) is 2. The molecule has 0 aliphatic carbocycles. The quantitative estimate of drug-likeness (QED) is 0.409. The van der Waals surface area contributed by atoms with Crippen molar-refractivity contribution in [2.45, 2.75) is 24.9 Å². The standard InChI is InChI=1S/C27H27N5O2/c33-26(21-10-9-19-11-15-28-23(19)18-21)31-25(20-6-2-1-3-7-20)27(34)32-16-12-22(13-17-32)30-24-8-4-5-14-29-24/h1-11,14-15,18,22,25,28H,12-13,16-17H2,(H,29,30)(H,31,33)/t25-/m1/s1. The van der Waals surface area contributed by atoms with E-state index in [1.807, 2.05) is 77.8 Å². The summed E-state index contributed by atoms with van der Waals surface area (Å²) in [5.74, 6) is 0.489. The molecule has 0 saturated carbocycles. The van der Waals surface area contributed by atoms with Crippen molar-refractivity contribution in [3.63, 3.8) is 0 Å². The number of nitrogens with one attached hydrogen (secondary N) is 3. The number of anilines is 1. The van der Waals surface area contributed by atoms with Gasteiger partial charge in [-0.05, 0) is 54.1 Å². The molecule has 5 rings (SSSR count). The first kappa shape index (κ1) is 21.7. The lowest BCUT2D eigenvalue weighted by Gasteiger charge is -2.35. The summed E-state index contributed by atoms with van der Waals surface area (Å²) in [5, 5.41) is 7.47. The third kappa shape index (κ3) is 4.78. The van der Waals surface area contributed by atoms with Crippen LogP contribution in [0.3, 0.4) is 0 Å². The van der Waals surface area contributed by atoms with Crippen LogP contribution in [0, 0.1) is 0 Å². The van der Waals surface area contributed by atoms with Gasteiger partial charge in [0.1, 0.15) is 11.9 Å². The normalized spacial score (nSPS) is 15.1. The average Bonchev–Trinajstić information content (AvgIpc) is 3.36. The number of H-pyrrole nitrogens is 1. The third-order valence-corrected chi connectivity index (χ3v) is 6.30. The van der Waals surface area contributed by atoms with Gasteiger partial charge in [0.25, 0.3) is 5.91 Å². The van der Waals surface area contributed by atoms with E-state index in [9.17, 15) is 9.59 Å². The maximum absolute atomic E-state index is 13.6. The second kappa shape index (κ2) is 9.79. The molecular weight excluding hydrogens is 426 g/mol. The van der Waals surface area contributed by atoms with Crippen molar-refractivity contribution in [2.24, 2.45) is 0 Å². The van der Waals surface area contributed by atoms with Crippen LogP contribution < -0.4 is 10.6 Å². The highest BCUT2D eigenvalue weighted by atomic mass is 16.2. The maximum atomic E-state index is 13.6. The predicted octanol–water partition coefficient (Wildman–Crippen LogP) is 4.14. The zero-order valence-electron chi connectivity index (χ0n) is 18.8. The number of amides is 2. The molecule has 172 valence electrons. The van der Waals surface area contributed by atoms with Crippen molar-refractivity contribution in [2.75, 3.05) is 18.4 Å². The second-order valence-electron chi connectivity index (χ2n) is 8.56. The van der Waals surface area contributed by atoms with Crippen LogP contribution in [0.15, 0.2) is 85.2 Å². The number of rotatable bonds is 6. The molecule has 34 heavy (non-hydrogen) atoms. The summed E-state index contributed by atoms with van der Waals surface area (Å²) in [6, 6.07) is 22.2. The summed E-state index contributed by atoms with van der Waals surface area (Å²) in [6.07, 6.45) is 5.25. The van der Waals surface area contributed by atoms with Crippen molar-refractivity contribution < 1.29 is 9.59 Å². The smallest absolute Gasteiger partial charge is 0.252 e. The molecule has 7 heteroatoms. The molecule has 1 aliphatic heterocycles. The highest BCUT2D eigenvalue weighted by molar-refractivity contribution is 6.00. The maximum Gasteiger partial charge on any atom is 0.252 e. The molecule has 0 radical (unpaired) electrons. The minimum Gasteiger partial charge on any atom is -0.367 e. The molecule has 7 nitrogen and oxygen atoms in total. The van der Waals surface area contributed by atoms with E-state index in [1.165, 1.54) is 0 Å². The lowest BCUT2D eigenvalue weighted by molar-refractivity contribution is -0.134. The Morgan fingerprint density at radius 1 is 0.971 bits per heavy atom. The fourth-order valence-electron chi connectivity index (χ4n) is 4.42. The Kier molecular flexibility index (Phi) is 6.25. The number of pyridine rings is 1. The summed E-state index contributed by atoms with van der Waals surface area (Å²) in [4.78, 5) is 36.0. The first-order valence-electron chi connectivity index (χ1n) is 11.6. The number of hydrogen-bond donors (Lipinski definition) is 3. The molecule has 3 N–H and O–H groups in total. The van der Waals surface area contributed by atoms with Crippen LogP contribution in [-0.2, 0) is 4.79 Å².